The Bertz CT molecular complexity index is 265. The van der Waals surface area contributed by atoms with E-state index in [1.807, 2.05) is 0 Å². The Hall–Kier alpha value is -0.810. The lowest BCUT2D eigenvalue weighted by Crippen LogP contribution is -2.56. The summed E-state index contributed by atoms with van der Waals surface area (Å²) < 4.78 is 0. The van der Waals surface area contributed by atoms with Crippen LogP contribution in [0.4, 0.5) is 0 Å². The van der Waals surface area contributed by atoms with E-state index in [0.29, 0.717) is 0 Å². The van der Waals surface area contributed by atoms with Gasteiger partial charge in [-0.25, -0.2) is 5.84 Å². The minimum absolute atomic E-state index is 0.765. The second-order valence-electron chi connectivity index (χ2n) is 4.88. The Morgan fingerprint density at radius 1 is 1.38 bits per heavy atom. The molecule has 3 N–H and O–H groups in total. The molecular weight excluding hydrogens is 202 g/mol. The molecule has 2 aliphatic heterocycles. The van der Waals surface area contributed by atoms with E-state index in [4.69, 9.17) is 5.84 Å². The molecule has 2 fully saturated rings. The topological polar surface area (TPSA) is 56.9 Å². The molecule has 0 amide bonds. The monoisotopic (exact) mass is 225 g/mol. The van der Waals surface area contributed by atoms with Crippen molar-refractivity contribution >= 4 is 5.96 Å². The number of rotatable bonds is 0. The summed E-state index contributed by atoms with van der Waals surface area (Å²) in [7, 11) is 4.04. The summed E-state index contributed by atoms with van der Waals surface area (Å²) in [5, 5.41) is 0. The van der Waals surface area contributed by atoms with Gasteiger partial charge < -0.3 is 9.80 Å². The maximum Gasteiger partial charge on any atom is 0.208 e. The zero-order valence-electron chi connectivity index (χ0n) is 10.3. The molecule has 0 aromatic carbocycles. The van der Waals surface area contributed by atoms with Gasteiger partial charge in [0.05, 0.1) is 0 Å². The van der Waals surface area contributed by atoms with E-state index in [2.05, 4.69) is 27.3 Å². The van der Waals surface area contributed by atoms with Gasteiger partial charge in [-0.2, -0.15) is 0 Å². The van der Waals surface area contributed by atoms with Gasteiger partial charge in [-0.05, 0) is 38.8 Å². The number of nitrogens with one attached hydrogen (secondary N) is 1. The average molecular weight is 225 g/mol. The Kier molecular flexibility index (Phi) is 3.66. The van der Waals surface area contributed by atoms with Crippen LogP contribution in [0, 0.1) is 5.92 Å². The fraction of sp³-hybridized carbons (Fsp3) is 0.909. The highest BCUT2D eigenvalue weighted by atomic mass is 15.4. The first-order chi connectivity index (χ1) is 7.76. The fourth-order valence-electron chi connectivity index (χ4n) is 3.14. The lowest BCUT2D eigenvalue weighted by atomic mass is 9.84. The van der Waals surface area contributed by atoms with E-state index in [0.717, 1.165) is 31.0 Å². The molecule has 0 radical (unpaired) electrons. The summed E-state index contributed by atoms with van der Waals surface area (Å²) in [5.41, 5.74) is 2.69. The number of nitrogens with two attached hydrogens (primary N) is 1. The predicted octanol–water partition coefficient (Wildman–Crippen LogP) is -0.148. The van der Waals surface area contributed by atoms with Crippen molar-refractivity contribution in [1.82, 2.24) is 15.2 Å². The van der Waals surface area contributed by atoms with Crippen LogP contribution in [0.1, 0.15) is 19.3 Å². The number of likely N-dealkylation sites (tertiary alicyclic amines) is 2. The minimum atomic E-state index is 0.765. The normalized spacial score (nSPS) is 32.4. The van der Waals surface area contributed by atoms with Gasteiger partial charge in [-0.15, -0.1) is 0 Å². The number of piperidine rings is 2. The summed E-state index contributed by atoms with van der Waals surface area (Å²) in [6, 6.07) is 0.765. The minimum Gasteiger partial charge on any atom is -0.342 e. The molecule has 2 heterocycles. The molecule has 2 unspecified atom stereocenters. The Morgan fingerprint density at radius 2 is 2.19 bits per heavy atom. The van der Waals surface area contributed by atoms with E-state index < -0.39 is 0 Å². The van der Waals surface area contributed by atoms with Crippen LogP contribution in [0.15, 0.2) is 4.99 Å². The number of hydrogen-bond acceptors (Lipinski definition) is 3. The van der Waals surface area contributed by atoms with E-state index >= 15 is 0 Å². The standard InChI is InChI=1S/C11H23N5/c1-13-11(14-12)16-7-5-10-9(8-16)4-3-6-15(10)2/h9-10H,3-8,12H2,1-2H3,(H,13,14). The number of fused-ring (bicyclic) bond motifs is 1. The summed E-state index contributed by atoms with van der Waals surface area (Å²) in [5.74, 6) is 7.08. The van der Waals surface area contributed by atoms with Crippen LogP contribution in [0.5, 0.6) is 0 Å². The predicted molar refractivity (Wildman–Crippen MR) is 66.0 cm³/mol. The molecule has 2 saturated heterocycles. The highest BCUT2D eigenvalue weighted by Gasteiger charge is 2.34. The number of hydrazine groups is 1. The number of aliphatic imine (C=N–C) groups is 1. The molecule has 5 nitrogen and oxygen atoms in total. The summed E-state index contributed by atoms with van der Waals surface area (Å²) in [6.07, 6.45) is 3.88. The molecule has 0 aromatic heterocycles. The zero-order valence-corrected chi connectivity index (χ0v) is 10.3. The van der Waals surface area contributed by atoms with Gasteiger partial charge in [0.15, 0.2) is 0 Å². The lowest BCUT2D eigenvalue weighted by molar-refractivity contribution is 0.0620. The van der Waals surface area contributed by atoms with Crippen molar-refractivity contribution in [2.45, 2.75) is 25.3 Å². The largest absolute Gasteiger partial charge is 0.342 e. The van der Waals surface area contributed by atoms with Crippen molar-refractivity contribution in [2.75, 3.05) is 33.7 Å². The van der Waals surface area contributed by atoms with Gasteiger partial charge in [0.25, 0.3) is 0 Å². The van der Waals surface area contributed by atoms with Crippen LogP contribution in [-0.4, -0.2) is 55.5 Å². The lowest BCUT2D eigenvalue weighted by Gasteiger charge is -2.46. The Balaban J connectivity index is 1.99. The smallest absolute Gasteiger partial charge is 0.208 e. The number of guanidine groups is 1. The van der Waals surface area contributed by atoms with Crippen LogP contribution < -0.4 is 11.3 Å². The molecular formula is C11H23N5. The van der Waals surface area contributed by atoms with E-state index in [9.17, 15) is 0 Å². The fourth-order valence-corrected chi connectivity index (χ4v) is 3.14. The second-order valence-corrected chi connectivity index (χ2v) is 4.88. The Labute approximate surface area is 97.7 Å². The van der Waals surface area contributed by atoms with Crippen LogP contribution in [-0.2, 0) is 0 Å². The average Bonchev–Trinajstić information content (AvgIpc) is 2.31. The molecule has 0 aromatic rings. The van der Waals surface area contributed by atoms with Crippen molar-refractivity contribution in [1.29, 1.82) is 0 Å². The van der Waals surface area contributed by atoms with Crippen molar-refractivity contribution < 1.29 is 0 Å². The second kappa shape index (κ2) is 5.01. The van der Waals surface area contributed by atoms with Crippen molar-refractivity contribution in [2.24, 2.45) is 16.8 Å². The highest BCUT2D eigenvalue weighted by Crippen LogP contribution is 2.29. The van der Waals surface area contributed by atoms with Gasteiger partial charge in [-0.3, -0.25) is 10.4 Å². The summed E-state index contributed by atoms with van der Waals surface area (Å²) in [6.45, 7) is 3.40. The first kappa shape index (κ1) is 11.7. The van der Waals surface area contributed by atoms with Gasteiger partial charge in [0, 0.05) is 26.2 Å². The quantitative estimate of drug-likeness (QED) is 0.261. The Morgan fingerprint density at radius 3 is 2.88 bits per heavy atom. The van der Waals surface area contributed by atoms with E-state index in [1.54, 1.807) is 7.05 Å². The third-order valence-electron chi connectivity index (χ3n) is 3.99. The van der Waals surface area contributed by atoms with Crippen molar-refractivity contribution in [3.63, 3.8) is 0 Å². The molecule has 16 heavy (non-hydrogen) atoms. The van der Waals surface area contributed by atoms with Gasteiger partial charge in [-0.1, -0.05) is 0 Å². The van der Waals surface area contributed by atoms with E-state index in [1.165, 1.54) is 25.8 Å². The maximum absolute atomic E-state index is 5.48. The highest BCUT2D eigenvalue weighted by molar-refractivity contribution is 5.79. The third-order valence-corrected chi connectivity index (χ3v) is 3.99. The summed E-state index contributed by atoms with van der Waals surface area (Å²) >= 11 is 0. The third kappa shape index (κ3) is 2.15. The number of nitrogens with zero attached hydrogens (tertiary/aromatic N) is 3. The van der Waals surface area contributed by atoms with Crippen molar-refractivity contribution in [3.8, 4) is 0 Å². The van der Waals surface area contributed by atoms with Crippen molar-refractivity contribution in [3.05, 3.63) is 0 Å². The summed E-state index contributed by atoms with van der Waals surface area (Å²) in [4.78, 5) is 8.98. The van der Waals surface area contributed by atoms with E-state index in [-0.39, 0.29) is 0 Å². The van der Waals surface area contributed by atoms with Gasteiger partial charge >= 0.3 is 0 Å². The molecule has 5 heteroatoms. The molecule has 0 aliphatic carbocycles. The van der Waals surface area contributed by atoms with Gasteiger partial charge in [0.2, 0.25) is 5.96 Å². The van der Waals surface area contributed by atoms with Crippen LogP contribution in [0.25, 0.3) is 0 Å². The maximum atomic E-state index is 5.48. The van der Waals surface area contributed by atoms with Crippen LogP contribution >= 0.6 is 0 Å². The van der Waals surface area contributed by atoms with Gasteiger partial charge in [0.1, 0.15) is 0 Å². The number of hydrogen-bond donors (Lipinski definition) is 2. The first-order valence-corrected chi connectivity index (χ1v) is 6.15. The zero-order chi connectivity index (χ0) is 11.5. The van der Waals surface area contributed by atoms with Crippen LogP contribution in [0.3, 0.4) is 0 Å². The molecule has 0 bridgehead atoms. The molecule has 2 atom stereocenters. The molecule has 2 aliphatic rings. The molecule has 2 rings (SSSR count). The molecule has 0 saturated carbocycles. The SMILES string of the molecule is CN=C(NN)N1CCC2C(CCCN2C)C1. The molecule has 0 spiro atoms. The first-order valence-electron chi connectivity index (χ1n) is 6.15. The molecule has 92 valence electrons. The van der Waals surface area contributed by atoms with Crippen LogP contribution in [0.2, 0.25) is 0 Å².